The second-order valence-corrected chi connectivity index (χ2v) is 12.6. The van der Waals surface area contributed by atoms with E-state index in [1.165, 1.54) is 74.9 Å². The van der Waals surface area contributed by atoms with Crippen LogP contribution in [0.4, 0.5) is 0 Å². The Morgan fingerprint density at radius 2 is 1.25 bits per heavy atom. The largest absolute Gasteiger partial charge is 0.292 e. The van der Waals surface area contributed by atoms with E-state index in [0.29, 0.717) is 0 Å². The summed E-state index contributed by atoms with van der Waals surface area (Å²) in [6, 6.07) is 53.0. The Morgan fingerprint density at radius 1 is 0.477 bits per heavy atom. The Bertz CT molecular complexity index is 2780. The lowest BCUT2D eigenvalue weighted by Crippen LogP contribution is -1.93. The highest BCUT2D eigenvalue weighted by atomic mass is 32.1. The number of rotatable bonds is 2. The van der Waals surface area contributed by atoms with E-state index < -0.39 is 0 Å². The number of hydrogen-bond acceptors (Lipinski definition) is 2. The standard InChI is InChI=1S/C41H24N2S/c1-2-12-29-25(9-1)19-21-33-39(29)34-24-27(20-22-36(34)43-37-17-5-4-16-35(37)42-41(33)43)26-10-7-11-28(23-26)30-14-8-15-32-31-13-3-6-18-38(31)44-40(30)32/h1-24H. The van der Waals surface area contributed by atoms with Gasteiger partial charge in [-0.15, -0.1) is 11.3 Å². The number of thiophene rings is 1. The predicted molar refractivity (Wildman–Crippen MR) is 189 cm³/mol. The maximum atomic E-state index is 5.13. The van der Waals surface area contributed by atoms with Crippen LogP contribution in [0.15, 0.2) is 146 Å². The number of fused-ring (bicyclic) bond motifs is 13. The van der Waals surface area contributed by atoms with Gasteiger partial charge in [0.15, 0.2) is 0 Å². The summed E-state index contributed by atoms with van der Waals surface area (Å²) in [5, 5.41) is 8.83. The van der Waals surface area contributed by atoms with Crippen molar-refractivity contribution >= 4 is 80.6 Å². The first-order chi connectivity index (χ1) is 21.8. The van der Waals surface area contributed by atoms with Crippen LogP contribution in [0.25, 0.3) is 91.6 Å². The molecule has 3 aromatic heterocycles. The van der Waals surface area contributed by atoms with Crippen molar-refractivity contribution < 1.29 is 0 Å². The van der Waals surface area contributed by atoms with Crippen LogP contribution in [0.5, 0.6) is 0 Å². The van der Waals surface area contributed by atoms with E-state index in [9.17, 15) is 0 Å². The van der Waals surface area contributed by atoms with Gasteiger partial charge in [-0.25, -0.2) is 4.98 Å². The summed E-state index contributed by atoms with van der Waals surface area (Å²) in [7, 11) is 0. The third kappa shape index (κ3) is 3.33. The molecular weight excluding hydrogens is 553 g/mol. The van der Waals surface area contributed by atoms with Crippen molar-refractivity contribution in [2.24, 2.45) is 0 Å². The summed E-state index contributed by atoms with van der Waals surface area (Å²) in [6.07, 6.45) is 0. The minimum atomic E-state index is 1.01. The molecule has 0 aliphatic carbocycles. The molecule has 0 fully saturated rings. The van der Waals surface area contributed by atoms with Gasteiger partial charge < -0.3 is 0 Å². The molecule has 204 valence electrons. The van der Waals surface area contributed by atoms with Crippen molar-refractivity contribution in [2.45, 2.75) is 0 Å². The Morgan fingerprint density at radius 3 is 2.23 bits per heavy atom. The molecule has 0 spiro atoms. The lowest BCUT2D eigenvalue weighted by molar-refractivity contribution is 1.32. The third-order valence-corrected chi connectivity index (χ3v) is 10.4. The van der Waals surface area contributed by atoms with Crippen molar-refractivity contribution in [1.82, 2.24) is 9.38 Å². The van der Waals surface area contributed by atoms with Gasteiger partial charge in [0.25, 0.3) is 0 Å². The van der Waals surface area contributed by atoms with Crippen molar-refractivity contribution in [3.8, 4) is 22.3 Å². The lowest BCUT2D eigenvalue weighted by Gasteiger charge is -2.14. The molecule has 0 saturated carbocycles. The van der Waals surface area contributed by atoms with Crippen LogP contribution < -0.4 is 0 Å². The number of hydrogen-bond donors (Lipinski definition) is 0. The number of aromatic nitrogens is 2. The van der Waals surface area contributed by atoms with Crippen molar-refractivity contribution in [2.75, 3.05) is 0 Å². The molecule has 2 nitrogen and oxygen atoms in total. The van der Waals surface area contributed by atoms with E-state index in [1.54, 1.807) is 0 Å². The van der Waals surface area contributed by atoms with Gasteiger partial charge in [0.1, 0.15) is 5.65 Å². The maximum Gasteiger partial charge on any atom is 0.146 e. The van der Waals surface area contributed by atoms with Crippen molar-refractivity contribution in [3.63, 3.8) is 0 Å². The fraction of sp³-hybridized carbons (Fsp3) is 0. The summed E-state index contributed by atoms with van der Waals surface area (Å²) in [4.78, 5) is 5.13. The molecule has 0 N–H and O–H groups in total. The van der Waals surface area contributed by atoms with Crippen LogP contribution in [-0.4, -0.2) is 9.38 Å². The van der Waals surface area contributed by atoms with Gasteiger partial charge in [0, 0.05) is 36.3 Å². The third-order valence-electron chi connectivity index (χ3n) is 9.15. The highest BCUT2D eigenvalue weighted by molar-refractivity contribution is 7.26. The lowest BCUT2D eigenvalue weighted by atomic mass is 9.94. The van der Waals surface area contributed by atoms with Crippen LogP contribution in [0.3, 0.4) is 0 Å². The fourth-order valence-corrected chi connectivity index (χ4v) is 8.39. The van der Waals surface area contributed by atoms with Crippen LogP contribution in [0, 0.1) is 0 Å². The Labute approximate surface area is 257 Å². The van der Waals surface area contributed by atoms with Crippen LogP contribution in [0.1, 0.15) is 0 Å². The van der Waals surface area contributed by atoms with Gasteiger partial charge in [-0.2, -0.15) is 0 Å². The molecule has 44 heavy (non-hydrogen) atoms. The molecule has 0 saturated heterocycles. The highest BCUT2D eigenvalue weighted by Gasteiger charge is 2.17. The number of nitrogens with zero attached hydrogens (tertiary/aromatic N) is 2. The first-order valence-corrected chi connectivity index (χ1v) is 15.8. The second kappa shape index (κ2) is 9.00. The molecule has 0 radical (unpaired) electrons. The molecule has 3 heterocycles. The van der Waals surface area contributed by atoms with E-state index in [4.69, 9.17) is 4.98 Å². The zero-order valence-corrected chi connectivity index (χ0v) is 24.5. The average molecular weight is 577 g/mol. The number of imidazole rings is 1. The molecule has 7 aromatic carbocycles. The molecule has 0 amide bonds. The van der Waals surface area contributed by atoms with Gasteiger partial charge in [-0.1, -0.05) is 103 Å². The van der Waals surface area contributed by atoms with Crippen LogP contribution in [0.2, 0.25) is 0 Å². The molecule has 0 bridgehead atoms. The molecular formula is C41H24N2S. The van der Waals surface area contributed by atoms with Crippen molar-refractivity contribution in [3.05, 3.63) is 146 Å². The SMILES string of the molecule is c1cc(-c2ccc3c(c2)c2c4ccccc4ccc2c2nc4ccccc4n32)cc(-c2cccc3c2sc2ccccc23)c1. The van der Waals surface area contributed by atoms with Gasteiger partial charge in [-0.05, 0) is 75.5 Å². The van der Waals surface area contributed by atoms with E-state index in [1.807, 2.05) is 11.3 Å². The van der Waals surface area contributed by atoms with Gasteiger partial charge >= 0.3 is 0 Å². The maximum absolute atomic E-state index is 5.13. The second-order valence-electron chi connectivity index (χ2n) is 11.6. The predicted octanol–water partition coefficient (Wildman–Crippen LogP) is 11.6. The normalized spacial score (nSPS) is 12.1. The molecule has 0 unspecified atom stereocenters. The van der Waals surface area contributed by atoms with E-state index in [2.05, 4.69) is 150 Å². The van der Waals surface area contributed by atoms with E-state index >= 15 is 0 Å². The summed E-state index contributed by atoms with van der Waals surface area (Å²) in [6.45, 7) is 0. The van der Waals surface area contributed by atoms with Crippen LogP contribution in [-0.2, 0) is 0 Å². The fourth-order valence-electron chi connectivity index (χ4n) is 7.15. The van der Waals surface area contributed by atoms with Gasteiger partial charge in [0.2, 0.25) is 0 Å². The molecule has 0 atom stereocenters. The van der Waals surface area contributed by atoms with Gasteiger partial charge in [0.05, 0.1) is 16.6 Å². The Kier molecular flexibility index (Phi) is 4.90. The summed E-state index contributed by atoms with van der Waals surface area (Å²) < 4.78 is 5.01. The Balaban J connectivity index is 1.25. The smallest absolute Gasteiger partial charge is 0.146 e. The van der Waals surface area contributed by atoms with Crippen LogP contribution >= 0.6 is 11.3 Å². The number of para-hydroxylation sites is 2. The Hall–Kier alpha value is -5.51. The minimum absolute atomic E-state index is 1.01. The van der Waals surface area contributed by atoms with E-state index in [-0.39, 0.29) is 0 Å². The molecule has 3 heteroatoms. The number of benzene rings is 7. The average Bonchev–Trinajstić information content (AvgIpc) is 3.67. The topological polar surface area (TPSA) is 17.3 Å². The molecule has 10 rings (SSSR count). The first-order valence-electron chi connectivity index (χ1n) is 15.0. The molecule has 10 aromatic rings. The quantitative estimate of drug-likeness (QED) is 0.187. The van der Waals surface area contributed by atoms with E-state index in [0.717, 1.165) is 16.7 Å². The summed E-state index contributed by atoms with van der Waals surface area (Å²) in [5.74, 6) is 0. The first kappa shape index (κ1) is 24.0. The highest BCUT2D eigenvalue weighted by Crippen LogP contribution is 2.42. The minimum Gasteiger partial charge on any atom is -0.292 e. The summed E-state index contributed by atoms with van der Waals surface area (Å²) >= 11 is 1.88. The molecule has 0 aliphatic heterocycles. The van der Waals surface area contributed by atoms with Gasteiger partial charge in [-0.3, -0.25) is 4.40 Å². The number of pyridine rings is 1. The zero-order valence-electron chi connectivity index (χ0n) is 23.7. The summed E-state index contributed by atoms with van der Waals surface area (Å²) in [5.41, 5.74) is 9.28. The van der Waals surface area contributed by atoms with Crippen molar-refractivity contribution in [1.29, 1.82) is 0 Å². The zero-order chi connectivity index (χ0) is 28.8. The monoisotopic (exact) mass is 576 g/mol. The molecule has 0 aliphatic rings.